The fourth-order valence-corrected chi connectivity index (χ4v) is 1.67. The lowest BCUT2D eigenvalue weighted by molar-refractivity contribution is -0.0541. The van der Waals surface area contributed by atoms with Crippen molar-refractivity contribution in [3.63, 3.8) is 0 Å². The van der Waals surface area contributed by atoms with E-state index in [4.69, 9.17) is 0 Å². The lowest BCUT2D eigenvalue weighted by atomic mass is 10.5. The molecule has 0 radical (unpaired) electrons. The third-order valence-electron chi connectivity index (χ3n) is 1.47. The largest absolute Gasteiger partial charge is 0.523 e. The van der Waals surface area contributed by atoms with Gasteiger partial charge in [0.05, 0.1) is 13.7 Å². The zero-order valence-electron chi connectivity index (χ0n) is 8.18. The van der Waals surface area contributed by atoms with Crippen LogP contribution >= 0.6 is 0 Å². The molecule has 0 rings (SSSR count). The summed E-state index contributed by atoms with van der Waals surface area (Å²) in [4.78, 5) is 0. The molecular weight excluding hydrogens is 277 g/mol. The molecule has 0 aromatic heterocycles. The second-order valence-corrected chi connectivity index (χ2v) is 6.38. The minimum atomic E-state index is -5.78. The van der Waals surface area contributed by atoms with Gasteiger partial charge in [-0.05, 0) is 6.92 Å². The molecule has 1 unspecified atom stereocenters. The molecule has 0 amide bonds. The van der Waals surface area contributed by atoms with E-state index in [1.807, 2.05) is 0 Å². The van der Waals surface area contributed by atoms with Crippen LogP contribution in [0, 0.1) is 0 Å². The normalized spacial score (nSPS) is 16.1. The van der Waals surface area contributed by atoms with Crippen molar-refractivity contribution in [3.05, 3.63) is 0 Å². The Kier molecular flexibility index (Phi) is 4.74. The van der Waals surface area contributed by atoms with Crippen molar-refractivity contribution < 1.29 is 38.4 Å². The van der Waals surface area contributed by atoms with Crippen molar-refractivity contribution in [2.24, 2.45) is 0 Å². The van der Waals surface area contributed by atoms with Crippen LogP contribution in [-0.2, 0) is 28.6 Å². The predicted octanol–water partition coefficient (Wildman–Crippen LogP) is 0.217. The van der Waals surface area contributed by atoms with Gasteiger partial charge in [0.15, 0.2) is 0 Å². The van der Waals surface area contributed by atoms with E-state index in [1.165, 1.54) is 0 Å². The van der Waals surface area contributed by atoms with Gasteiger partial charge in [-0.25, -0.2) is 0 Å². The Morgan fingerprint density at radius 1 is 1.19 bits per heavy atom. The summed E-state index contributed by atoms with van der Waals surface area (Å²) in [6, 6.07) is 0. The van der Waals surface area contributed by atoms with E-state index in [2.05, 4.69) is 8.37 Å². The highest BCUT2D eigenvalue weighted by Crippen LogP contribution is 2.24. The summed E-state index contributed by atoms with van der Waals surface area (Å²) >= 11 is 0. The second kappa shape index (κ2) is 4.85. The molecule has 0 spiro atoms. The van der Waals surface area contributed by atoms with E-state index in [0.717, 1.165) is 14.0 Å². The molecule has 0 aromatic carbocycles. The van der Waals surface area contributed by atoms with Gasteiger partial charge in [-0.1, -0.05) is 0 Å². The van der Waals surface area contributed by atoms with Crippen LogP contribution in [0.1, 0.15) is 6.92 Å². The van der Waals surface area contributed by atoms with Crippen LogP contribution in [0.4, 0.5) is 13.2 Å². The molecule has 0 aliphatic carbocycles. The van der Waals surface area contributed by atoms with Crippen molar-refractivity contribution >= 4 is 20.2 Å². The summed E-state index contributed by atoms with van der Waals surface area (Å²) < 4.78 is 85.4. The van der Waals surface area contributed by atoms with Crippen LogP contribution in [-0.4, -0.2) is 41.3 Å². The summed E-state index contributed by atoms with van der Waals surface area (Å²) in [5.74, 6) is 0. The molecule has 0 N–H and O–H groups in total. The predicted molar refractivity (Wildman–Crippen MR) is 46.3 cm³/mol. The topological polar surface area (TPSA) is 86.7 Å². The zero-order valence-corrected chi connectivity index (χ0v) is 9.82. The standard InChI is InChI=1S/C5H9F3O6S2/c1-4(15(9,10)13-2)3-14-16(11,12)5(6,7)8/h4H,3H2,1-2H3. The van der Waals surface area contributed by atoms with Gasteiger partial charge < -0.3 is 0 Å². The molecule has 0 aliphatic rings. The Morgan fingerprint density at radius 2 is 1.62 bits per heavy atom. The molecule has 98 valence electrons. The maximum absolute atomic E-state index is 11.8. The Morgan fingerprint density at radius 3 is 1.94 bits per heavy atom. The summed E-state index contributed by atoms with van der Waals surface area (Å²) in [5.41, 5.74) is -5.58. The lowest BCUT2D eigenvalue weighted by Gasteiger charge is -2.12. The molecule has 0 saturated heterocycles. The highest BCUT2D eigenvalue weighted by atomic mass is 32.2. The zero-order chi connectivity index (χ0) is 13.2. The van der Waals surface area contributed by atoms with E-state index in [1.54, 1.807) is 0 Å². The first-order chi connectivity index (χ1) is 6.94. The maximum Gasteiger partial charge on any atom is 0.523 e. The van der Waals surface area contributed by atoms with Gasteiger partial charge in [-0.15, -0.1) is 0 Å². The molecule has 0 fully saturated rings. The van der Waals surface area contributed by atoms with Crippen LogP contribution in [0.3, 0.4) is 0 Å². The fraction of sp³-hybridized carbons (Fsp3) is 1.00. The van der Waals surface area contributed by atoms with Crippen molar-refractivity contribution in [2.45, 2.75) is 17.7 Å². The molecule has 11 heteroatoms. The van der Waals surface area contributed by atoms with Crippen LogP contribution in [0.2, 0.25) is 0 Å². The highest BCUT2D eigenvalue weighted by molar-refractivity contribution is 7.88. The van der Waals surface area contributed by atoms with Gasteiger partial charge in [-0.3, -0.25) is 8.37 Å². The van der Waals surface area contributed by atoms with Crippen LogP contribution in [0.5, 0.6) is 0 Å². The van der Waals surface area contributed by atoms with Crippen molar-refractivity contribution in [1.29, 1.82) is 0 Å². The summed E-state index contributed by atoms with van der Waals surface area (Å²) in [7, 11) is -9.11. The molecule has 0 bridgehead atoms. The lowest BCUT2D eigenvalue weighted by Crippen LogP contribution is -2.31. The number of rotatable bonds is 5. The molecule has 0 heterocycles. The quantitative estimate of drug-likeness (QED) is 0.530. The Labute approximate surface area is 90.6 Å². The first-order valence-corrected chi connectivity index (χ1v) is 6.57. The van der Waals surface area contributed by atoms with Crippen molar-refractivity contribution in [1.82, 2.24) is 0 Å². The van der Waals surface area contributed by atoms with Crippen molar-refractivity contribution in [2.75, 3.05) is 13.7 Å². The van der Waals surface area contributed by atoms with Gasteiger partial charge in [-0.2, -0.15) is 30.0 Å². The Bertz CT molecular complexity index is 422. The van der Waals surface area contributed by atoms with E-state index in [-0.39, 0.29) is 0 Å². The van der Waals surface area contributed by atoms with Gasteiger partial charge in [0.25, 0.3) is 10.1 Å². The average molecular weight is 286 g/mol. The fourth-order valence-electron chi connectivity index (χ4n) is 0.500. The molecule has 0 aliphatic heterocycles. The first-order valence-electron chi connectivity index (χ1n) is 3.69. The molecule has 6 nitrogen and oxygen atoms in total. The molecule has 1 atom stereocenters. The number of hydrogen-bond acceptors (Lipinski definition) is 6. The Hall–Kier alpha value is -0.390. The second-order valence-electron chi connectivity index (χ2n) is 2.65. The first kappa shape index (κ1) is 15.6. The van der Waals surface area contributed by atoms with Crippen LogP contribution in [0.25, 0.3) is 0 Å². The monoisotopic (exact) mass is 286 g/mol. The van der Waals surface area contributed by atoms with E-state index in [9.17, 15) is 30.0 Å². The van der Waals surface area contributed by atoms with E-state index < -0.39 is 37.6 Å². The third kappa shape index (κ3) is 3.88. The molecule has 0 saturated carbocycles. The van der Waals surface area contributed by atoms with Gasteiger partial charge in [0, 0.05) is 0 Å². The number of halogens is 3. The highest BCUT2D eigenvalue weighted by Gasteiger charge is 2.47. The van der Waals surface area contributed by atoms with Gasteiger partial charge in [0.1, 0.15) is 5.25 Å². The average Bonchev–Trinajstić information content (AvgIpc) is 2.12. The third-order valence-corrected chi connectivity index (χ3v) is 4.07. The van der Waals surface area contributed by atoms with Crippen LogP contribution < -0.4 is 0 Å². The summed E-state index contributed by atoms with van der Waals surface area (Å²) in [5, 5.41) is -1.53. The minimum absolute atomic E-state index is 0.796. The van der Waals surface area contributed by atoms with Crippen molar-refractivity contribution in [3.8, 4) is 0 Å². The number of hydrogen-bond donors (Lipinski definition) is 0. The SMILES string of the molecule is COS(=O)(=O)C(C)COS(=O)(=O)C(F)(F)F. The molecule has 0 aromatic rings. The van der Waals surface area contributed by atoms with Gasteiger partial charge in [0.2, 0.25) is 0 Å². The Balaban J connectivity index is 4.62. The van der Waals surface area contributed by atoms with Crippen LogP contribution in [0.15, 0.2) is 0 Å². The maximum atomic E-state index is 11.8. The molecule has 16 heavy (non-hydrogen) atoms. The minimum Gasteiger partial charge on any atom is -0.273 e. The number of alkyl halides is 3. The van der Waals surface area contributed by atoms with E-state index in [0.29, 0.717) is 0 Å². The molecular formula is C5H9F3O6S2. The smallest absolute Gasteiger partial charge is 0.273 e. The van der Waals surface area contributed by atoms with Gasteiger partial charge >= 0.3 is 15.6 Å². The van der Waals surface area contributed by atoms with E-state index >= 15 is 0 Å². The summed E-state index contributed by atoms with van der Waals surface area (Å²) in [6.45, 7) is -0.219. The summed E-state index contributed by atoms with van der Waals surface area (Å²) in [6.07, 6.45) is 0.